The molecule has 4 N–H and O–H groups in total. The van der Waals surface area contributed by atoms with Gasteiger partial charge < -0.3 is 11.5 Å². The van der Waals surface area contributed by atoms with Crippen molar-refractivity contribution in [2.75, 3.05) is 24.2 Å². The molecule has 2 fully saturated rings. The summed E-state index contributed by atoms with van der Waals surface area (Å²) in [6, 6.07) is 0. The van der Waals surface area contributed by atoms with Crippen molar-refractivity contribution >= 4 is 46.5 Å². The smallest absolute Gasteiger partial charge is 0.217 e. The Balaban J connectivity index is 0. The van der Waals surface area contributed by atoms with Crippen LogP contribution in [-0.2, 0) is 9.59 Å². The van der Waals surface area contributed by atoms with Gasteiger partial charge in [-0.25, -0.2) is 0 Å². The Morgan fingerprint density at radius 2 is 1.30 bits per heavy atom. The lowest BCUT2D eigenvalue weighted by molar-refractivity contribution is -0.120. The molecule has 1 amide bonds. The van der Waals surface area contributed by atoms with Crippen LogP contribution in [0.15, 0.2) is 0 Å². The van der Waals surface area contributed by atoms with Crippen molar-refractivity contribution in [3.63, 3.8) is 0 Å². The zero-order valence-electron chi connectivity index (χ0n) is 18.7. The zero-order valence-corrected chi connectivity index (χ0v) is 21.0. The maximum Gasteiger partial charge on any atom is 0.217 e. The second-order valence-electron chi connectivity index (χ2n) is 7.70. The van der Waals surface area contributed by atoms with E-state index >= 15 is 0 Å². The lowest BCUT2D eigenvalue weighted by atomic mass is 9.85. The van der Waals surface area contributed by atoms with Gasteiger partial charge in [0.15, 0.2) is 0 Å². The minimum Gasteiger partial charge on any atom is -0.370 e. The van der Waals surface area contributed by atoms with E-state index in [1.54, 1.807) is 0 Å². The number of hydrogen-bond donors (Lipinski definition) is 2. The normalized spacial score (nSPS) is 15.7. The Morgan fingerprint density at radius 3 is 1.63 bits per heavy atom. The third-order valence-electron chi connectivity index (χ3n) is 4.81. The Bertz CT molecular complexity index is 362. The van der Waals surface area contributed by atoms with E-state index in [0.29, 0.717) is 55.1 Å². The molecule has 0 aromatic carbocycles. The monoisotopic (exact) mass is 485 g/mol. The summed E-state index contributed by atoms with van der Waals surface area (Å²) < 4.78 is 0. The van der Waals surface area contributed by atoms with E-state index in [1.165, 1.54) is 64.2 Å². The number of nitrogens with two attached hydrogens (primary N) is 2. The van der Waals surface area contributed by atoms with Crippen LogP contribution in [0.5, 0.6) is 0 Å². The topological polar surface area (TPSA) is 86.2 Å². The highest BCUT2D eigenvalue weighted by Gasteiger charge is 2.16. The molecule has 0 saturated heterocycles. The van der Waals surface area contributed by atoms with Crippen LogP contribution >= 0.6 is 34.8 Å². The van der Waals surface area contributed by atoms with Gasteiger partial charge in [-0.15, -0.1) is 34.8 Å². The lowest BCUT2D eigenvalue weighted by Gasteiger charge is -2.20. The van der Waals surface area contributed by atoms with E-state index in [-0.39, 0.29) is 5.91 Å². The largest absolute Gasteiger partial charge is 0.370 e. The van der Waals surface area contributed by atoms with Crippen molar-refractivity contribution in [1.82, 2.24) is 0 Å². The highest BCUT2D eigenvalue weighted by molar-refractivity contribution is 6.18. The van der Waals surface area contributed by atoms with Crippen molar-refractivity contribution < 1.29 is 9.59 Å². The van der Waals surface area contributed by atoms with Crippen LogP contribution < -0.4 is 11.5 Å². The highest BCUT2D eigenvalue weighted by atomic mass is 35.5. The van der Waals surface area contributed by atoms with Gasteiger partial charge in [-0.2, -0.15) is 0 Å². The van der Waals surface area contributed by atoms with E-state index in [9.17, 15) is 9.59 Å². The van der Waals surface area contributed by atoms with Crippen LogP contribution in [0.3, 0.4) is 0 Å². The summed E-state index contributed by atoms with van der Waals surface area (Å²) in [5.74, 6) is 2.55. The third-order valence-corrected chi connectivity index (χ3v) is 5.57. The first-order chi connectivity index (χ1) is 14.5. The van der Waals surface area contributed by atoms with Crippen molar-refractivity contribution in [2.45, 2.75) is 96.3 Å². The number of hydrogen-bond acceptors (Lipinski definition) is 3. The standard InChI is InChI=1S/C11H19ClO.C6H11.C4H8ClNO.C2H6ClN/c12-8-4-7-11(13)9-10-5-2-1-3-6-10;1-2-4-6-5-3-1;5-3-1-2-4(6)7;3-1-2-4/h10H,1-9H2;1H,2-6H2;1-3H2,(H2,6,7);1-2,4H2/q;+1;;. The molecule has 7 heteroatoms. The lowest BCUT2D eigenvalue weighted by Crippen LogP contribution is -2.11. The Labute approximate surface area is 200 Å². The molecule has 2 rings (SSSR count). The van der Waals surface area contributed by atoms with Crippen molar-refractivity contribution in [3.8, 4) is 0 Å². The summed E-state index contributed by atoms with van der Waals surface area (Å²) >= 11 is 15.8. The first-order valence-electron chi connectivity index (χ1n) is 11.5. The summed E-state index contributed by atoms with van der Waals surface area (Å²) in [5, 5.41) is 0. The van der Waals surface area contributed by atoms with E-state index in [4.69, 9.17) is 46.3 Å². The molecule has 0 atom stereocenters. The van der Waals surface area contributed by atoms with Gasteiger partial charge in [-0.3, -0.25) is 9.59 Å². The number of halogens is 3. The molecule has 2 saturated carbocycles. The van der Waals surface area contributed by atoms with Crippen molar-refractivity contribution in [3.05, 3.63) is 6.42 Å². The molecular weight excluding hydrogens is 443 g/mol. The van der Waals surface area contributed by atoms with Gasteiger partial charge in [0.25, 0.3) is 0 Å². The number of carbonyl (C=O) groups excluding carboxylic acids is 2. The second kappa shape index (κ2) is 26.9. The quantitative estimate of drug-likeness (QED) is 0.293. The summed E-state index contributed by atoms with van der Waals surface area (Å²) in [5.41, 5.74) is 9.68. The molecule has 0 bridgehead atoms. The SMILES string of the molecule is NC(=O)CCCCl.NCCCl.O=C(CCCCl)CC1CCCCC1.[CH+]1CCCCC1. The number of primary amides is 1. The predicted molar refractivity (Wildman–Crippen MR) is 132 cm³/mol. The minimum atomic E-state index is -0.277. The van der Waals surface area contributed by atoms with E-state index in [0.717, 1.165) is 12.8 Å². The molecule has 0 aromatic rings. The molecule has 0 aromatic heterocycles. The molecular formula is C23H44Cl3N2O2+. The van der Waals surface area contributed by atoms with Crippen LogP contribution in [0.4, 0.5) is 0 Å². The molecule has 0 radical (unpaired) electrons. The number of alkyl halides is 3. The van der Waals surface area contributed by atoms with Crippen LogP contribution in [0, 0.1) is 12.3 Å². The number of Topliss-reactive ketones (excluding diaryl/α,β-unsaturated/α-hetero) is 1. The maximum absolute atomic E-state index is 11.4. The summed E-state index contributed by atoms with van der Waals surface area (Å²) in [6.45, 7) is 0.585. The first-order valence-corrected chi connectivity index (χ1v) is 13.1. The van der Waals surface area contributed by atoms with Crippen LogP contribution in [-0.4, -0.2) is 35.9 Å². The molecule has 0 heterocycles. The number of amides is 1. The van der Waals surface area contributed by atoms with Crippen LogP contribution in [0.2, 0.25) is 0 Å². The van der Waals surface area contributed by atoms with Gasteiger partial charge in [-0.1, -0.05) is 32.1 Å². The van der Waals surface area contributed by atoms with Crippen molar-refractivity contribution in [1.29, 1.82) is 0 Å². The Kier molecular flexibility index (Phi) is 28.7. The molecule has 2 aliphatic rings. The molecule has 178 valence electrons. The van der Waals surface area contributed by atoms with Gasteiger partial charge in [0.1, 0.15) is 5.78 Å². The van der Waals surface area contributed by atoms with Crippen molar-refractivity contribution in [2.24, 2.45) is 17.4 Å². The molecule has 0 spiro atoms. The van der Waals surface area contributed by atoms with Gasteiger partial charge in [0.05, 0.1) is 19.3 Å². The Morgan fingerprint density at radius 1 is 0.800 bits per heavy atom. The molecule has 2 aliphatic carbocycles. The molecule has 30 heavy (non-hydrogen) atoms. The van der Waals surface area contributed by atoms with Gasteiger partial charge in [-0.05, 0) is 38.0 Å². The number of rotatable bonds is 9. The molecule has 4 nitrogen and oxygen atoms in total. The summed E-state index contributed by atoms with van der Waals surface area (Å²) in [4.78, 5) is 21.3. The predicted octanol–water partition coefficient (Wildman–Crippen LogP) is 6.37. The molecule has 0 aliphatic heterocycles. The zero-order chi connectivity index (χ0) is 22.9. The fourth-order valence-corrected chi connectivity index (χ4v) is 3.49. The first kappa shape index (κ1) is 32.0. The van der Waals surface area contributed by atoms with Gasteiger partial charge in [0.2, 0.25) is 5.91 Å². The van der Waals surface area contributed by atoms with Crippen LogP contribution in [0.25, 0.3) is 0 Å². The minimum absolute atomic E-state index is 0.277. The highest BCUT2D eigenvalue weighted by Crippen LogP contribution is 2.26. The van der Waals surface area contributed by atoms with Gasteiger partial charge in [0, 0.05) is 43.4 Å². The second-order valence-corrected chi connectivity index (χ2v) is 8.84. The number of carbonyl (C=O) groups is 2. The van der Waals surface area contributed by atoms with E-state index in [1.807, 2.05) is 0 Å². The maximum atomic E-state index is 11.4. The van der Waals surface area contributed by atoms with Gasteiger partial charge >= 0.3 is 0 Å². The average Bonchev–Trinajstić information content (AvgIpc) is 2.79. The van der Waals surface area contributed by atoms with Crippen LogP contribution in [0.1, 0.15) is 96.3 Å². The van der Waals surface area contributed by atoms with E-state index in [2.05, 4.69) is 6.42 Å². The fourth-order valence-electron chi connectivity index (χ4n) is 3.22. The summed E-state index contributed by atoms with van der Waals surface area (Å²) in [6.07, 6.45) is 19.5. The Hall–Kier alpha value is -0.160. The fraction of sp³-hybridized carbons (Fsp3) is 0.870. The number of ketones is 1. The third kappa shape index (κ3) is 27.8. The summed E-state index contributed by atoms with van der Waals surface area (Å²) in [7, 11) is 0. The average molecular weight is 487 g/mol. The van der Waals surface area contributed by atoms with E-state index < -0.39 is 0 Å². The molecule has 0 unspecified atom stereocenters.